The summed E-state index contributed by atoms with van der Waals surface area (Å²) in [4.78, 5) is 37.3. The highest BCUT2D eigenvalue weighted by Crippen LogP contribution is 2.15. The van der Waals surface area contributed by atoms with Gasteiger partial charge in [0.1, 0.15) is 17.7 Å². The molecule has 0 bridgehead atoms. The number of rotatable bonds is 9. The lowest BCUT2D eigenvalue weighted by Crippen LogP contribution is -2.49. The number of amides is 2. The Morgan fingerprint density at radius 2 is 1.63 bits per heavy atom. The van der Waals surface area contributed by atoms with Crippen LogP contribution in [0.4, 0.5) is 8.78 Å². The standard InChI is InChI=1S/C22H24F2N2O4/c1-3-7-18(25-19(27)12-14-10-16(23)13-17(24)11-14)21(28)26-20(22(29)30-2)15-8-5-4-6-9-15/h4-6,8-11,13,18,20H,3,7,12H2,1-2H3,(H,25,27)(H,26,28)/t18-,20-/m0/s1. The quantitative estimate of drug-likeness (QED) is 0.614. The molecule has 0 aliphatic carbocycles. The van der Waals surface area contributed by atoms with E-state index >= 15 is 0 Å². The van der Waals surface area contributed by atoms with Gasteiger partial charge in [-0.25, -0.2) is 13.6 Å². The zero-order valence-corrected chi connectivity index (χ0v) is 16.8. The molecule has 0 saturated heterocycles. The molecule has 2 amide bonds. The Balaban J connectivity index is 2.10. The van der Waals surface area contributed by atoms with Gasteiger partial charge in [-0.2, -0.15) is 0 Å². The molecule has 2 atom stereocenters. The molecule has 0 aliphatic rings. The van der Waals surface area contributed by atoms with Crippen LogP contribution in [0.3, 0.4) is 0 Å². The Morgan fingerprint density at radius 3 is 2.20 bits per heavy atom. The van der Waals surface area contributed by atoms with Gasteiger partial charge in [-0.05, 0) is 29.7 Å². The normalized spacial score (nSPS) is 12.5. The summed E-state index contributed by atoms with van der Waals surface area (Å²) in [6.07, 6.45) is 0.611. The van der Waals surface area contributed by atoms with E-state index in [0.29, 0.717) is 24.5 Å². The van der Waals surface area contributed by atoms with Crippen LogP contribution in [-0.4, -0.2) is 30.9 Å². The van der Waals surface area contributed by atoms with Crippen LogP contribution in [0.5, 0.6) is 0 Å². The maximum Gasteiger partial charge on any atom is 0.333 e. The molecule has 0 heterocycles. The van der Waals surface area contributed by atoms with E-state index in [1.165, 1.54) is 7.11 Å². The number of ether oxygens (including phenoxy) is 1. The molecule has 0 spiro atoms. The van der Waals surface area contributed by atoms with E-state index in [9.17, 15) is 23.2 Å². The van der Waals surface area contributed by atoms with Gasteiger partial charge in [0.15, 0.2) is 6.04 Å². The fourth-order valence-electron chi connectivity index (χ4n) is 2.99. The monoisotopic (exact) mass is 418 g/mol. The highest BCUT2D eigenvalue weighted by atomic mass is 19.1. The molecule has 8 heteroatoms. The zero-order chi connectivity index (χ0) is 22.1. The van der Waals surface area contributed by atoms with E-state index in [1.54, 1.807) is 30.3 Å². The Morgan fingerprint density at radius 1 is 1.00 bits per heavy atom. The van der Waals surface area contributed by atoms with Crippen molar-refractivity contribution >= 4 is 17.8 Å². The summed E-state index contributed by atoms with van der Waals surface area (Å²) >= 11 is 0. The van der Waals surface area contributed by atoms with Gasteiger partial charge >= 0.3 is 5.97 Å². The lowest BCUT2D eigenvalue weighted by atomic mass is 10.0. The van der Waals surface area contributed by atoms with E-state index in [2.05, 4.69) is 10.6 Å². The van der Waals surface area contributed by atoms with Gasteiger partial charge in [-0.3, -0.25) is 9.59 Å². The van der Waals surface area contributed by atoms with E-state index in [1.807, 2.05) is 6.92 Å². The van der Waals surface area contributed by atoms with Crippen molar-refractivity contribution < 1.29 is 27.9 Å². The first-order valence-corrected chi connectivity index (χ1v) is 9.51. The van der Waals surface area contributed by atoms with Gasteiger partial charge < -0.3 is 15.4 Å². The molecular weight excluding hydrogens is 394 g/mol. The molecule has 0 saturated carbocycles. The largest absolute Gasteiger partial charge is 0.467 e. The number of methoxy groups -OCH3 is 1. The Kier molecular flexibility index (Phi) is 8.46. The van der Waals surface area contributed by atoms with Crippen LogP contribution in [0.2, 0.25) is 0 Å². The van der Waals surface area contributed by atoms with Crippen LogP contribution in [0.25, 0.3) is 0 Å². The van der Waals surface area contributed by atoms with E-state index in [-0.39, 0.29) is 12.0 Å². The summed E-state index contributed by atoms with van der Waals surface area (Å²) < 4.78 is 31.4. The second-order valence-electron chi connectivity index (χ2n) is 6.74. The highest BCUT2D eigenvalue weighted by molar-refractivity contribution is 5.91. The van der Waals surface area contributed by atoms with Crippen molar-refractivity contribution in [2.75, 3.05) is 7.11 Å². The Labute approximate surface area is 173 Å². The van der Waals surface area contributed by atoms with Gasteiger partial charge in [-0.15, -0.1) is 0 Å². The van der Waals surface area contributed by atoms with E-state index < -0.39 is 41.5 Å². The number of benzene rings is 2. The molecule has 2 aromatic carbocycles. The fraction of sp³-hybridized carbons (Fsp3) is 0.318. The first-order valence-electron chi connectivity index (χ1n) is 9.51. The predicted octanol–water partition coefficient (Wildman–Crippen LogP) is 2.82. The predicted molar refractivity (Wildman–Crippen MR) is 106 cm³/mol. The van der Waals surface area contributed by atoms with Crippen molar-refractivity contribution in [1.82, 2.24) is 10.6 Å². The molecule has 2 rings (SSSR count). The fourth-order valence-corrected chi connectivity index (χ4v) is 2.99. The van der Waals surface area contributed by atoms with Crippen molar-refractivity contribution in [2.45, 2.75) is 38.3 Å². The molecule has 160 valence electrons. The molecule has 2 aromatic rings. The third-order valence-corrected chi connectivity index (χ3v) is 4.37. The summed E-state index contributed by atoms with van der Waals surface area (Å²) in [5.74, 6) is -3.35. The summed E-state index contributed by atoms with van der Waals surface area (Å²) in [6.45, 7) is 1.84. The van der Waals surface area contributed by atoms with Crippen LogP contribution in [-0.2, 0) is 25.5 Å². The number of hydrogen-bond donors (Lipinski definition) is 2. The average molecular weight is 418 g/mol. The number of esters is 1. The SMILES string of the molecule is CCC[C@H](NC(=O)Cc1cc(F)cc(F)c1)C(=O)N[C@H](C(=O)OC)c1ccccc1. The summed E-state index contributed by atoms with van der Waals surface area (Å²) in [5.41, 5.74) is 0.687. The number of nitrogens with one attached hydrogen (secondary N) is 2. The zero-order valence-electron chi connectivity index (χ0n) is 16.8. The summed E-state index contributed by atoms with van der Waals surface area (Å²) in [5, 5.41) is 5.18. The third-order valence-electron chi connectivity index (χ3n) is 4.37. The lowest BCUT2D eigenvalue weighted by molar-refractivity contribution is -0.145. The number of carbonyl (C=O) groups is 3. The van der Waals surface area contributed by atoms with Gasteiger partial charge in [0.05, 0.1) is 13.5 Å². The highest BCUT2D eigenvalue weighted by Gasteiger charge is 2.28. The summed E-state index contributed by atoms with van der Waals surface area (Å²) in [6, 6.07) is 9.44. The van der Waals surface area contributed by atoms with Crippen LogP contribution in [0.1, 0.15) is 36.9 Å². The molecular formula is C22H24F2N2O4. The Bertz CT molecular complexity index is 870. The van der Waals surface area contributed by atoms with Gasteiger partial charge in [0, 0.05) is 6.07 Å². The average Bonchev–Trinajstić information content (AvgIpc) is 2.70. The van der Waals surface area contributed by atoms with E-state index in [0.717, 1.165) is 12.1 Å². The smallest absolute Gasteiger partial charge is 0.333 e. The Hall–Kier alpha value is -3.29. The third kappa shape index (κ3) is 6.65. The van der Waals surface area contributed by atoms with Gasteiger partial charge in [0.25, 0.3) is 0 Å². The van der Waals surface area contributed by atoms with Crippen molar-refractivity contribution in [2.24, 2.45) is 0 Å². The second-order valence-corrected chi connectivity index (χ2v) is 6.74. The molecule has 6 nitrogen and oxygen atoms in total. The minimum Gasteiger partial charge on any atom is -0.467 e. The molecule has 30 heavy (non-hydrogen) atoms. The minimum atomic E-state index is -1.03. The molecule has 0 aliphatic heterocycles. The molecule has 0 unspecified atom stereocenters. The van der Waals surface area contributed by atoms with Gasteiger partial charge in [-0.1, -0.05) is 43.7 Å². The van der Waals surface area contributed by atoms with Crippen LogP contribution >= 0.6 is 0 Å². The molecule has 0 aromatic heterocycles. The van der Waals surface area contributed by atoms with Crippen LogP contribution < -0.4 is 10.6 Å². The maximum atomic E-state index is 13.3. The maximum absolute atomic E-state index is 13.3. The molecule has 0 radical (unpaired) electrons. The summed E-state index contributed by atoms with van der Waals surface area (Å²) in [7, 11) is 1.22. The first kappa shape index (κ1) is 23.0. The lowest BCUT2D eigenvalue weighted by Gasteiger charge is -2.22. The van der Waals surface area contributed by atoms with Crippen molar-refractivity contribution in [1.29, 1.82) is 0 Å². The number of halogens is 2. The van der Waals surface area contributed by atoms with Crippen LogP contribution in [0, 0.1) is 11.6 Å². The van der Waals surface area contributed by atoms with Crippen LogP contribution in [0.15, 0.2) is 48.5 Å². The second kappa shape index (κ2) is 11.0. The van der Waals surface area contributed by atoms with E-state index in [4.69, 9.17) is 4.74 Å². The number of hydrogen-bond acceptors (Lipinski definition) is 4. The first-order chi connectivity index (χ1) is 14.3. The molecule has 2 N–H and O–H groups in total. The number of carbonyl (C=O) groups excluding carboxylic acids is 3. The van der Waals surface area contributed by atoms with Gasteiger partial charge in [0.2, 0.25) is 11.8 Å². The van der Waals surface area contributed by atoms with Crippen molar-refractivity contribution in [3.8, 4) is 0 Å². The van der Waals surface area contributed by atoms with Crippen molar-refractivity contribution in [3.05, 3.63) is 71.3 Å². The molecule has 0 fully saturated rings. The van der Waals surface area contributed by atoms with Crippen molar-refractivity contribution in [3.63, 3.8) is 0 Å². The topological polar surface area (TPSA) is 84.5 Å². The minimum absolute atomic E-state index is 0.150.